The maximum atomic E-state index is 5.36. The van der Waals surface area contributed by atoms with Gasteiger partial charge in [-0.15, -0.1) is 0 Å². The number of anilines is 1. The van der Waals surface area contributed by atoms with E-state index in [4.69, 9.17) is 9.15 Å². The summed E-state index contributed by atoms with van der Waals surface area (Å²) < 4.78 is 10.6. The van der Waals surface area contributed by atoms with Crippen molar-refractivity contribution in [3.8, 4) is 5.75 Å². The second-order valence-electron chi connectivity index (χ2n) is 3.46. The van der Waals surface area contributed by atoms with E-state index in [0.29, 0.717) is 11.5 Å². The van der Waals surface area contributed by atoms with E-state index in [1.807, 2.05) is 19.1 Å². The van der Waals surface area contributed by atoms with Gasteiger partial charge in [-0.3, -0.25) is 0 Å². The summed E-state index contributed by atoms with van der Waals surface area (Å²) in [6.07, 6.45) is 3.20. The minimum absolute atomic E-state index is 0.677. The Balaban J connectivity index is 2.13. The molecule has 2 rings (SSSR count). The van der Waals surface area contributed by atoms with Crippen molar-refractivity contribution in [3.05, 3.63) is 30.5 Å². The quantitative estimate of drug-likeness (QED) is 0.640. The van der Waals surface area contributed by atoms with Gasteiger partial charge in [0.25, 0.3) is 0 Å². The van der Waals surface area contributed by atoms with Crippen LogP contribution in [0.4, 0.5) is 5.82 Å². The predicted octanol–water partition coefficient (Wildman–Crippen LogP) is 2.80. The largest absolute Gasteiger partial charge is 0.490 e. The summed E-state index contributed by atoms with van der Waals surface area (Å²) in [5.74, 6) is 3.02. The van der Waals surface area contributed by atoms with E-state index in [1.165, 1.54) is 6.33 Å². The molecular weight excluding hydrogens is 250 g/mol. The van der Waals surface area contributed by atoms with Crippen molar-refractivity contribution in [1.82, 2.24) is 9.97 Å². The van der Waals surface area contributed by atoms with Gasteiger partial charge in [-0.05, 0) is 19.1 Å². The van der Waals surface area contributed by atoms with Gasteiger partial charge in [0.1, 0.15) is 17.1 Å². The molecule has 2 aromatic rings. The average molecular weight is 265 g/mol. The van der Waals surface area contributed by atoms with E-state index in [9.17, 15) is 0 Å². The molecule has 0 aliphatic carbocycles. The zero-order chi connectivity index (χ0) is 12.8. The van der Waals surface area contributed by atoms with Gasteiger partial charge in [0.05, 0.1) is 19.1 Å². The molecule has 5 nitrogen and oxygen atoms in total. The first-order valence-electron chi connectivity index (χ1n) is 5.63. The number of nitrogens with zero attached hydrogens (tertiary/aromatic N) is 2. The molecule has 0 saturated carbocycles. The molecule has 6 heteroatoms. The third-order valence-corrected chi connectivity index (χ3v) is 3.24. The lowest BCUT2D eigenvalue weighted by Gasteiger charge is -2.11. The van der Waals surface area contributed by atoms with E-state index >= 15 is 0 Å². The number of furan rings is 1. The summed E-state index contributed by atoms with van der Waals surface area (Å²) >= 11 is 1.56. The maximum Gasteiger partial charge on any atom is 0.193 e. The Bertz CT molecular complexity index is 488. The maximum absolute atomic E-state index is 5.36. The summed E-state index contributed by atoms with van der Waals surface area (Å²) in [6.45, 7) is 2.80. The van der Waals surface area contributed by atoms with Gasteiger partial charge in [0.15, 0.2) is 11.6 Å². The van der Waals surface area contributed by atoms with Crippen molar-refractivity contribution in [2.75, 3.05) is 19.0 Å². The van der Waals surface area contributed by atoms with Crippen LogP contribution in [0.3, 0.4) is 0 Å². The highest BCUT2D eigenvalue weighted by molar-refractivity contribution is 7.98. The molecule has 0 atom stereocenters. The number of rotatable bonds is 6. The fourth-order valence-electron chi connectivity index (χ4n) is 1.47. The Kier molecular flexibility index (Phi) is 4.46. The van der Waals surface area contributed by atoms with Crippen molar-refractivity contribution < 1.29 is 9.15 Å². The predicted molar refractivity (Wildman–Crippen MR) is 71.0 cm³/mol. The summed E-state index contributed by atoms with van der Waals surface area (Å²) in [6, 6.07) is 3.81. The third-order valence-electron chi connectivity index (χ3n) is 2.25. The number of nitrogens with one attached hydrogen (secondary N) is 1. The third kappa shape index (κ3) is 2.95. The van der Waals surface area contributed by atoms with Crippen molar-refractivity contribution in [2.45, 2.75) is 17.7 Å². The molecule has 2 heterocycles. The lowest BCUT2D eigenvalue weighted by molar-refractivity contribution is 0.400. The number of ether oxygens (including phenoxy) is 1. The molecule has 0 aromatic carbocycles. The molecule has 0 aliphatic heterocycles. The van der Waals surface area contributed by atoms with Crippen LogP contribution in [-0.4, -0.2) is 23.6 Å². The van der Waals surface area contributed by atoms with E-state index in [1.54, 1.807) is 25.1 Å². The molecule has 0 bridgehead atoms. The minimum atomic E-state index is 0.677. The highest BCUT2D eigenvalue weighted by Crippen LogP contribution is 2.33. The van der Waals surface area contributed by atoms with Gasteiger partial charge in [-0.1, -0.05) is 11.8 Å². The summed E-state index contributed by atoms with van der Waals surface area (Å²) in [4.78, 5) is 8.40. The second kappa shape index (κ2) is 6.30. The number of hydrogen-bond donors (Lipinski definition) is 1. The van der Waals surface area contributed by atoms with Gasteiger partial charge in [0, 0.05) is 6.54 Å². The second-order valence-corrected chi connectivity index (χ2v) is 4.42. The summed E-state index contributed by atoms with van der Waals surface area (Å²) in [5.41, 5.74) is 0. The van der Waals surface area contributed by atoms with Crippen LogP contribution in [0.25, 0.3) is 0 Å². The molecule has 0 unspecified atom stereocenters. The van der Waals surface area contributed by atoms with Crippen molar-refractivity contribution in [2.24, 2.45) is 0 Å². The van der Waals surface area contributed by atoms with E-state index in [-0.39, 0.29) is 0 Å². The van der Waals surface area contributed by atoms with Crippen LogP contribution in [-0.2, 0) is 5.75 Å². The van der Waals surface area contributed by atoms with E-state index in [2.05, 4.69) is 15.3 Å². The summed E-state index contributed by atoms with van der Waals surface area (Å²) in [7, 11) is 1.62. The molecule has 0 aliphatic rings. The average Bonchev–Trinajstić information content (AvgIpc) is 2.90. The van der Waals surface area contributed by atoms with Gasteiger partial charge in [0.2, 0.25) is 0 Å². The van der Waals surface area contributed by atoms with Crippen LogP contribution in [0.15, 0.2) is 34.2 Å². The van der Waals surface area contributed by atoms with E-state index < -0.39 is 0 Å². The molecular formula is C12H15N3O2S. The highest BCUT2D eigenvalue weighted by atomic mass is 32.2. The van der Waals surface area contributed by atoms with Gasteiger partial charge >= 0.3 is 0 Å². The van der Waals surface area contributed by atoms with Gasteiger partial charge in [-0.2, -0.15) is 0 Å². The smallest absolute Gasteiger partial charge is 0.193 e. The Morgan fingerprint density at radius 2 is 2.33 bits per heavy atom. The Morgan fingerprint density at radius 3 is 3.00 bits per heavy atom. The standard InChI is InChI=1S/C12H15N3O2S/c1-3-13-11-10(16-2)12(15-8-14-11)18-7-9-5-4-6-17-9/h4-6,8H,3,7H2,1-2H3,(H,13,14,15). The van der Waals surface area contributed by atoms with Crippen LogP contribution in [0.1, 0.15) is 12.7 Å². The molecule has 0 amide bonds. The van der Waals surface area contributed by atoms with Gasteiger partial charge < -0.3 is 14.5 Å². The van der Waals surface area contributed by atoms with Crippen LogP contribution in [0, 0.1) is 0 Å². The number of aromatic nitrogens is 2. The first-order valence-corrected chi connectivity index (χ1v) is 6.61. The molecule has 0 radical (unpaired) electrons. The lowest BCUT2D eigenvalue weighted by atomic mass is 10.5. The van der Waals surface area contributed by atoms with Gasteiger partial charge in [-0.25, -0.2) is 9.97 Å². The fourth-order valence-corrected chi connectivity index (χ4v) is 2.35. The normalized spacial score (nSPS) is 10.3. The zero-order valence-electron chi connectivity index (χ0n) is 10.3. The zero-order valence-corrected chi connectivity index (χ0v) is 11.2. The van der Waals surface area contributed by atoms with E-state index in [0.717, 1.165) is 23.1 Å². The molecule has 2 aromatic heterocycles. The Morgan fingerprint density at radius 1 is 1.44 bits per heavy atom. The SMILES string of the molecule is CCNc1ncnc(SCc2ccco2)c1OC. The van der Waals surface area contributed by atoms with Crippen molar-refractivity contribution >= 4 is 17.6 Å². The number of thioether (sulfide) groups is 1. The molecule has 1 N–H and O–H groups in total. The first kappa shape index (κ1) is 12.8. The first-order chi connectivity index (χ1) is 8.85. The van der Waals surface area contributed by atoms with Crippen molar-refractivity contribution in [3.63, 3.8) is 0 Å². The topological polar surface area (TPSA) is 60.2 Å². The number of methoxy groups -OCH3 is 1. The van der Waals surface area contributed by atoms with Crippen molar-refractivity contribution in [1.29, 1.82) is 0 Å². The molecule has 0 spiro atoms. The highest BCUT2D eigenvalue weighted by Gasteiger charge is 2.12. The molecule has 0 fully saturated rings. The minimum Gasteiger partial charge on any atom is -0.490 e. The lowest BCUT2D eigenvalue weighted by Crippen LogP contribution is -2.03. The van der Waals surface area contributed by atoms with Crippen LogP contribution in [0.5, 0.6) is 5.75 Å². The Labute approximate surface area is 110 Å². The Hall–Kier alpha value is -1.69. The molecule has 0 saturated heterocycles. The summed E-state index contributed by atoms with van der Waals surface area (Å²) in [5, 5.41) is 3.95. The molecule has 96 valence electrons. The van der Waals surface area contributed by atoms with Crippen LogP contribution in [0.2, 0.25) is 0 Å². The molecule has 18 heavy (non-hydrogen) atoms. The van der Waals surface area contributed by atoms with Crippen LogP contribution < -0.4 is 10.1 Å². The van der Waals surface area contributed by atoms with Crippen LogP contribution >= 0.6 is 11.8 Å². The monoisotopic (exact) mass is 265 g/mol. The fraction of sp³-hybridized carbons (Fsp3) is 0.333. The number of hydrogen-bond acceptors (Lipinski definition) is 6.